The van der Waals surface area contributed by atoms with E-state index < -0.39 is 5.97 Å². The normalized spacial score (nSPS) is 24.8. The van der Waals surface area contributed by atoms with Gasteiger partial charge in [-0.15, -0.1) is 0 Å². The predicted octanol–water partition coefficient (Wildman–Crippen LogP) is 3.40. The predicted molar refractivity (Wildman–Crippen MR) is 115 cm³/mol. The van der Waals surface area contributed by atoms with E-state index in [4.69, 9.17) is 5.11 Å². The fourth-order valence-electron chi connectivity index (χ4n) is 5.10. The Kier molecular flexibility index (Phi) is 8.05. The van der Waals surface area contributed by atoms with Crippen molar-refractivity contribution in [1.82, 2.24) is 10.6 Å². The smallest absolute Gasteiger partial charge is 0.303 e. The molecule has 30 heavy (non-hydrogen) atoms. The van der Waals surface area contributed by atoms with Gasteiger partial charge in [0.15, 0.2) is 0 Å². The molecule has 0 heterocycles. The van der Waals surface area contributed by atoms with Crippen LogP contribution in [0.2, 0.25) is 0 Å². The van der Waals surface area contributed by atoms with Crippen molar-refractivity contribution >= 4 is 17.8 Å². The molecule has 0 aromatic heterocycles. The van der Waals surface area contributed by atoms with Crippen molar-refractivity contribution in [3.63, 3.8) is 0 Å². The molecule has 4 atom stereocenters. The first kappa shape index (κ1) is 22.1. The second-order valence-corrected chi connectivity index (χ2v) is 8.51. The van der Waals surface area contributed by atoms with Crippen molar-refractivity contribution in [2.24, 2.45) is 23.7 Å². The van der Waals surface area contributed by atoms with Gasteiger partial charge in [0.2, 0.25) is 5.91 Å². The number of amides is 2. The van der Waals surface area contributed by atoms with Crippen LogP contribution in [-0.2, 0) is 9.59 Å². The Hall–Kier alpha value is -2.63. The summed E-state index contributed by atoms with van der Waals surface area (Å²) in [5, 5.41) is 14.4. The van der Waals surface area contributed by atoms with Gasteiger partial charge in [-0.1, -0.05) is 30.4 Å². The van der Waals surface area contributed by atoms with Gasteiger partial charge in [0.25, 0.3) is 5.91 Å². The third-order valence-corrected chi connectivity index (χ3v) is 6.59. The number of carboxylic acids is 1. The van der Waals surface area contributed by atoms with Crippen LogP contribution in [0.3, 0.4) is 0 Å². The van der Waals surface area contributed by atoms with Gasteiger partial charge in [0.1, 0.15) is 0 Å². The zero-order valence-electron chi connectivity index (χ0n) is 17.4. The molecule has 2 bridgehead atoms. The van der Waals surface area contributed by atoms with Gasteiger partial charge in [-0.25, -0.2) is 0 Å². The topological polar surface area (TPSA) is 95.5 Å². The maximum absolute atomic E-state index is 12.2. The number of benzene rings is 1. The second-order valence-electron chi connectivity index (χ2n) is 8.51. The molecule has 2 aliphatic carbocycles. The average Bonchev–Trinajstić information content (AvgIpc) is 3.35. The van der Waals surface area contributed by atoms with E-state index in [-0.39, 0.29) is 24.8 Å². The number of carboxylic acid groups (broad SMARTS) is 1. The first-order valence-corrected chi connectivity index (χ1v) is 11.0. The zero-order chi connectivity index (χ0) is 21.3. The molecule has 3 N–H and O–H groups in total. The summed E-state index contributed by atoms with van der Waals surface area (Å²) in [5.74, 6) is 1.35. The van der Waals surface area contributed by atoms with Crippen LogP contribution in [0.15, 0.2) is 42.5 Å². The molecule has 2 fully saturated rings. The Labute approximate surface area is 178 Å². The summed E-state index contributed by atoms with van der Waals surface area (Å²) >= 11 is 0. The molecule has 6 heteroatoms. The highest BCUT2D eigenvalue weighted by molar-refractivity contribution is 5.96. The molecule has 6 nitrogen and oxygen atoms in total. The minimum Gasteiger partial charge on any atom is -0.481 e. The summed E-state index contributed by atoms with van der Waals surface area (Å²) < 4.78 is 0. The summed E-state index contributed by atoms with van der Waals surface area (Å²) in [7, 11) is 0. The Bertz CT molecular complexity index is 762. The van der Waals surface area contributed by atoms with Gasteiger partial charge >= 0.3 is 5.97 Å². The fourth-order valence-corrected chi connectivity index (χ4v) is 5.10. The lowest BCUT2D eigenvalue weighted by Crippen LogP contribution is -2.41. The number of fused-ring (bicyclic) bond motifs is 2. The van der Waals surface area contributed by atoms with Gasteiger partial charge in [-0.05, 0) is 74.3 Å². The maximum Gasteiger partial charge on any atom is 0.303 e. The van der Waals surface area contributed by atoms with Crippen LogP contribution >= 0.6 is 0 Å². The summed E-state index contributed by atoms with van der Waals surface area (Å²) in [6.45, 7) is 0.654. The third kappa shape index (κ3) is 6.18. The number of carbonyl (C=O) groups is 3. The molecule has 0 radical (unpaired) electrons. The van der Waals surface area contributed by atoms with Crippen LogP contribution in [-0.4, -0.2) is 36.0 Å². The summed E-state index contributed by atoms with van der Waals surface area (Å²) in [5.41, 5.74) is 0.550. The fraction of sp³-hybridized carbons (Fsp3) is 0.542. The van der Waals surface area contributed by atoms with E-state index in [2.05, 4.69) is 22.8 Å². The molecule has 1 aromatic carbocycles. The van der Waals surface area contributed by atoms with Crippen molar-refractivity contribution in [3.05, 3.63) is 48.0 Å². The third-order valence-electron chi connectivity index (χ3n) is 6.59. The molecule has 0 aliphatic heterocycles. The van der Waals surface area contributed by atoms with Crippen LogP contribution in [0.25, 0.3) is 0 Å². The highest BCUT2D eigenvalue weighted by atomic mass is 16.4. The van der Waals surface area contributed by atoms with E-state index >= 15 is 0 Å². The number of hydrogen-bond acceptors (Lipinski definition) is 3. The van der Waals surface area contributed by atoms with Crippen molar-refractivity contribution in [2.45, 2.75) is 44.9 Å². The van der Waals surface area contributed by atoms with Crippen LogP contribution in [0.4, 0.5) is 0 Å². The molecule has 2 aliphatic rings. The van der Waals surface area contributed by atoms with E-state index in [1.165, 1.54) is 19.3 Å². The van der Waals surface area contributed by atoms with E-state index in [0.29, 0.717) is 36.3 Å². The number of nitrogens with one attached hydrogen (secondary N) is 2. The molecule has 0 saturated heterocycles. The number of hydrogen-bond donors (Lipinski definition) is 3. The second kappa shape index (κ2) is 11.0. The van der Waals surface area contributed by atoms with Crippen LogP contribution < -0.4 is 10.6 Å². The summed E-state index contributed by atoms with van der Waals surface area (Å²) in [6.07, 6.45) is 10.8. The number of rotatable bonds is 11. The van der Waals surface area contributed by atoms with Crippen LogP contribution in [0.1, 0.15) is 55.3 Å². The monoisotopic (exact) mass is 412 g/mol. The molecular weight excluding hydrogens is 380 g/mol. The summed E-state index contributed by atoms with van der Waals surface area (Å²) in [4.78, 5) is 34.9. The Balaban J connectivity index is 1.40. The lowest BCUT2D eigenvalue weighted by atomic mass is 9.77. The van der Waals surface area contributed by atoms with Gasteiger partial charge in [0.05, 0.1) is 6.54 Å². The molecule has 162 valence electrons. The molecule has 2 saturated carbocycles. The lowest BCUT2D eigenvalue weighted by molar-refractivity contribution is -0.137. The molecule has 1 aromatic rings. The Morgan fingerprint density at radius 3 is 2.47 bits per heavy atom. The van der Waals surface area contributed by atoms with Gasteiger partial charge in [0, 0.05) is 18.5 Å². The van der Waals surface area contributed by atoms with Gasteiger partial charge in [-0.2, -0.15) is 0 Å². The van der Waals surface area contributed by atoms with Gasteiger partial charge < -0.3 is 15.7 Å². The Morgan fingerprint density at radius 2 is 1.73 bits per heavy atom. The largest absolute Gasteiger partial charge is 0.481 e. The zero-order valence-corrected chi connectivity index (χ0v) is 17.4. The molecule has 2 amide bonds. The first-order chi connectivity index (χ1) is 14.5. The SMILES string of the molecule is O=C(O)CCCC=CC[C@H]1[C@H]2CC[C@H](C2)[C@H]1CNC(=O)CNC(=O)c1ccccc1. The van der Waals surface area contributed by atoms with Gasteiger partial charge in [-0.3, -0.25) is 14.4 Å². The number of carbonyl (C=O) groups excluding carboxylic acids is 2. The highest BCUT2D eigenvalue weighted by Gasteiger charge is 2.46. The van der Waals surface area contributed by atoms with Crippen LogP contribution in [0.5, 0.6) is 0 Å². The maximum atomic E-state index is 12.2. The summed E-state index contributed by atoms with van der Waals surface area (Å²) in [6, 6.07) is 8.89. The number of allylic oxidation sites excluding steroid dienone is 2. The quantitative estimate of drug-likeness (QED) is 0.383. The highest BCUT2D eigenvalue weighted by Crippen LogP contribution is 2.53. The number of unbranched alkanes of at least 4 members (excludes halogenated alkanes) is 1. The number of aliphatic carboxylic acids is 1. The average molecular weight is 413 g/mol. The minimum absolute atomic E-state index is 0.0112. The molecule has 0 unspecified atom stereocenters. The lowest BCUT2D eigenvalue weighted by Gasteiger charge is -2.30. The van der Waals surface area contributed by atoms with Crippen molar-refractivity contribution < 1.29 is 19.5 Å². The van der Waals surface area contributed by atoms with E-state index in [0.717, 1.165) is 18.8 Å². The van der Waals surface area contributed by atoms with Crippen molar-refractivity contribution in [2.75, 3.05) is 13.1 Å². The molecule has 0 spiro atoms. The van der Waals surface area contributed by atoms with E-state index in [1.54, 1.807) is 24.3 Å². The van der Waals surface area contributed by atoms with E-state index in [9.17, 15) is 14.4 Å². The van der Waals surface area contributed by atoms with Crippen LogP contribution in [0, 0.1) is 23.7 Å². The first-order valence-electron chi connectivity index (χ1n) is 11.0. The minimum atomic E-state index is -0.743. The van der Waals surface area contributed by atoms with Crippen molar-refractivity contribution in [1.29, 1.82) is 0 Å². The molecular formula is C24H32N2O4. The molecule has 3 rings (SSSR count). The standard InChI is InChI=1S/C24H32N2O4/c27-22(16-26-24(30)17-8-4-3-5-9-17)25-15-21-19-13-12-18(14-19)20(21)10-6-1-2-7-11-23(28)29/h1,3-6,8-9,18-21H,2,7,10-16H2,(H,25,27)(H,26,30)(H,28,29)/t18-,19+,20-,21+/m0/s1. The van der Waals surface area contributed by atoms with Crippen molar-refractivity contribution in [3.8, 4) is 0 Å². The Morgan fingerprint density at radius 1 is 1.00 bits per heavy atom. The van der Waals surface area contributed by atoms with E-state index in [1.807, 2.05) is 6.07 Å².